The standard InChI is InChI=1S/C21H29N5O2S/c1-15-12-18(27)13-16(2)26(15)14-19(28)24-8-10-25(11-9-24)21-23-22-20(29-21)17-6-4-3-5-7-17/h12-13,17H,3-11,14H2,1-2H3. The van der Waals surface area contributed by atoms with Crippen molar-refractivity contribution in [3.8, 4) is 0 Å². The van der Waals surface area contributed by atoms with E-state index < -0.39 is 0 Å². The van der Waals surface area contributed by atoms with Crippen LogP contribution in [0, 0.1) is 13.8 Å². The maximum absolute atomic E-state index is 12.8. The number of nitrogens with zero attached hydrogens (tertiary/aromatic N) is 5. The number of hydrogen-bond donors (Lipinski definition) is 0. The molecule has 156 valence electrons. The summed E-state index contributed by atoms with van der Waals surface area (Å²) >= 11 is 1.73. The molecule has 0 aromatic carbocycles. The lowest BCUT2D eigenvalue weighted by Crippen LogP contribution is -2.49. The first-order valence-electron chi connectivity index (χ1n) is 10.6. The van der Waals surface area contributed by atoms with Crippen LogP contribution in [-0.4, -0.2) is 51.8 Å². The number of aryl methyl sites for hydroxylation is 2. The fourth-order valence-corrected chi connectivity index (χ4v) is 5.45. The molecule has 0 bridgehead atoms. The molecule has 2 aliphatic rings. The summed E-state index contributed by atoms with van der Waals surface area (Å²) in [5.41, 5.74) is 1.64. The SMILES string of the molecule is Cc1cc(=O)cc(C)n1CC(=O)N1CCN(c2nnc(C3CCCCC3)s2)CC1. The first-order valence-corrected chi connectivity index (χ1v) is 11.4. The van der Waals surface area contributed by atoms with Crippen molar-refractivity contribution in [3.05, 3.63) is 38.8 Å². The predicted molar refractivity (Wildman–Crippen MR) is 115 cm³/mol. The highest BCUT2D eigenvalue weighted by molar-refractivity contribution is 7.15. The summed E-state index contributed by atoms with van der Waals surface area (Å²) < 4.78 is 1.91. The number of piperazine rings is 1. The molecule has 1 saturated heterocycles. The second-order valence-electron chi connectivity index (χ2n) is 8.19. The number of aromatic nitrogens is 3. The molecule has 1 aliphatic carbocycles. The molecule has 8 heteroatoms. The second-order valence-corrected chi connectivity index (χ2v) is 9.17. The molecule has 7 nitrogen and oxygen atoms in total. The molecule has 1 aliphatic heterocycles. The number of hydrogen-bond acceptors (Lipinski definition) is 6. The zero-order chi connectivity index (χ0) is 20.4. The number of pyridine rings is 1. The van der Waals surface area contributed by atoms with E-state index in [1.54, 1.807) is 23.5 Å². The van der Waals surface area contributed by atoms with Gasteiger partial charge in [-0.15, -0.1) is 10.2 Å². The van der Waals surface area contributed by atoms with Crippen molar-refractivity contribution in [2.45, 2.75) is 58.4 Å². The van der Waals surface area contributed by atoms with E-state index in [2.05, 4.69) is 15.1 Å². The Kier molecular flexibility index (Phi) is 5.99. The average molecular weight is 416 g/mol. The van der Waals surface area contributed by atoms with Gasteiger partial charge in [-0.25, -0.2) is 0 Å². The Morgan fingerprint density at radius 1 is 1.03 bits per heavy atom. The van der Waals surface area contributed by atoms with Crippen molar-refractivity contribution in [2.24, 2.45) is 0 Å². The summed E-state index contributed by atoms with van der Waals surface area (Å²) in [6, 6.07) is 3.16. The van der Waals surface area contributed by atoms with Crippen LogP contribution in [0.5, 0.6) is 0 Å². The number of amides is 1. The number of carbonyl (C=O) groups excluding carboxylic acids is 1. The predicted octanol–water partition coefficient (Wildman–Crippen LogP) is 2.71. The Bertz CT molecular complexity index is 897. The smallest absolute Gasteiger partial charge is 0.242 e. The normalized spacial score (nSPS) is 18.3. The van der Waals surface area contributed by atoms with Gasteiger partial charge in [-0.05, 0) is 26.7 Å². The summed E-state index contributed by atoms with van der Waals surface area (Å²) in [6.07, 6.45) is 6.42. The van der Waals surface area contributed by atoms with Gasteiger partial charge in [0.05, 0.1) is 0 Å². The van der Waals surface area contributed by atoms with Gasteiger partial charge in [-0.1, -0.05) is 30.6 Å². The van der Waals surface area contributed by atoms with Gasteiger partial charge in [0.15, 0.2) is 5.43 Å². The van der Waals surface area contributed by atoms with Crippen LogP contribution in [0.25, 0.3) is 0 Å². The second kappa shape index (κ2) is 8.65. The quantitative estimate of drug-likeness (QED) is 0.768. The van der Waals surface area contributed by atoms with Crippen molar-refractivity contribution in [3.63, 3.8) is 0 Å². The van der Waals surface area contributed by atoms with Gasteiger partial charge >= 0.3 is 0 Å². The van der Waals surface area contributed by atoms with Gasteiger partial charge < -0.3 is 14.4 Å². The van der Waals surface area contributed by atoms with E-state index in [0.29, 0.717) is 19.0 Å². The van der Waals surface area contributed by atoms with Gasteiger partial charge in [-0.3, -0.25) is 9.59 Å². The van der Waals surface area contributed by atoms with Crippen LogP contribution in [0.2, 0.25) is 0 Å². The van der Waals surface area contributed by atoms with Crippen LogP contribution in [0.15, 0.2) is 16.9 Å². The molecular weight excluding hydrogens is 386 g/mol. The summed E-state index contributed by atoms with van der Waals surface area (Å²) in [5, 5.41) is 11.1. The van der Waals surface area contributed by atoms with Crippen molar-refractivity contribution in [2.75, 3.05) is 31.1 Å². The molecular formula is C21H29N5O2S. The summed E-state index contributed by atoms with van der Waals surface area (Å²) in [6.45, 7) is 6.98. The highest BCUT2D eigenvalue weighted by Crippen LogP contribution is 2.36. The van der Waals surface area contributed by atoms with E-state index >= 15 is 0 Å². The molecule has 4 rings (SSSR count). The lowest BCUT2D eigenvalue weighted by atomic mass is 9.90. The maximum atomic E-state index is 12.8. The van der Waals surface area contributed by atoms with Gasteiger partial charge in [0, 0.05) is 55.6 Å². The minimum atomic E-state index is -0.0121. The zero-order valence-corrected chi connectivity index (χ0v) is 18.1. The van der Waals surface area contributed by atoms with Crippen LogP contribution >= 0.6 is 11.3 Å². The van der Waals surface area contributed by atoms with Gasteiger partial charge in [0.1, 0.15) is 11.6 Å². The van der Waals surface area contributed by atoms with Crippen molar-refractivity contribution in [1.82, 2.24) is 19.7 Å². The minimum Gasteiger partial charge on any atom is -0.343 e. The van der Waals surface area contributed by atoms with E-state index in [0.717, 1.165) is 29.6 Å². The molecule has 0 spiro atoms. The fourth-order valence-electron chi connectivity index (χ4n) is 4.39. The molecule has 2 aromatic heterocycles. The first kappa shape index (κ1) is 20.1. The Morgan fingerprint density at radius 3 is 2.34 bits per heavy atom. The summed E-state index contributed by atoms with van der Waals surface area (Å²) in [7, 11) is 0. The Morgan fingerprint density at radius 2 is 1.69 bits per heavy atom. The highest BCUT2D eigenvalue weighted by Gasteiger charge is 2.25. The molecule has 0 N–H and O–H groups in total. The third-order valence-electron chi connectivity index (χ3n) is 6.13. The molecule has 0 radical (unpaired) electrons. The van der Waals surface area contributed by atoms with Gasteiger partial charge in [0.2, 0.25) is 11.0 Å². The lowest BCUT2D eigenvalue weighted by molar-refractivity contribution is -0.132. The molecule has 1 saturated carbocycles. The third kappa shape index (κ3) is 4.52. The molecule has 0 atom stereocenters. The fraction of sp³-hybridized carbons (Fsp3) is 0.619. The number of carbonyl (C=O) groups is 1. The largest absolute Gasteiger partial charge is 0.343 e. The first-order chi connectivity index (χ1) is 14.0. The maximum Gasteiger partial charge on any atom is 0.242 e. The zero-order valence-electron chi connectivity index (χ0n) is 17.3. The van der Waals surface area contributed by atoms with Crippen molar-refractivity contribution >= 4 is 22.4 Å². The molecule has 3 heterocycles. The Balaban J connectivity index is 1.34. The average Bonchev–Trinajstić information content (AvgIpc) is 3.21. The molecule has 2 aromatic rings. The third-order valence-corrected chi connectivity index (χ3v) is 7.28. The minimum absolute atomic E-state index is 0.0121. The van der Waals surface area contributed by atoms with E-state index in [1.165, 1.54) is 37.1 Å². The van der Waals surface area contributed by atoms with E-state index in [1.807, 2.05) is 23.3 Å². The highest BCUT2D eigenvalue weighted by atomic mass is 32.1. The van der Waals surface area contributed by atoms with E-state index in [-0.39, 0.29) is 17.9 Å². The van der Waals surface area contributed by atoms with Crippen molar-refractivity contribution < 1.29 is 4.79 Å². The Hall–Kier alpha value is -2.22. The van der Waals surface area contributed by atoms with Crippen LogP contribution in [-0.2, 0) is 11.3 Å². The molecule has 0 unspecified atom stereocenters. The summed E-state index contributed by atoms with van der Waals surface area (Å²) in [4.78, 5) is 28.6. The Labute approximate surface area is 175 Å². The van der Waals surface area contributed by atoms with Crippen LogP contribution < -0.4 is 10.3 Å². The topological polar surface area (TPSA) is 71.3 Å². The van der Waals surface area contributed by atoms with Crippen molar-refractivity contribution in [1.29, 1.82) is 0 Å². The van der Waals surface area contributed by atoms with Gasteiger partial charge in [0.25, 0.3) is 0 Å². The molecule has 1 amide bonds. The van der Waals surface area contributed by atoms with E-state index in [4.69, 9.17) is 0 Å². The van der Waals surface area contributed by atoms with Crippen LogP contribution in [0.4, 0.5) is 5.13 Å². The molecule has 2 fully saturated rings. The number of anilines is 1. The summed E-state index contributed by atoms with van der Waals surface area (Å²) in [5.74, 6) is 0.682. The lowest BCUT2D eigenvalue weighted by Gasteiger charge is -2.34. The monoisotopic (exact) mass is 415 g/mol. The van der Waals surface area contributed by atoms with Crippen LogP contribution in [0.3, 0.4) is 0 Å². The number of rotatable bonds is 4. The molecule has 29 heavy (non-hydrogen) atoms. The van der Waals surface area contributed by atoms with Gasteiger partial charge in [-0.2, -0.15) is 0 Å². The van der Waals surface area contributed by atoms with Crippen LogP contribution in [0.1, 0.15) is 54.4 Å². The van der Waals surface area contributed by atoms with E-state index in [9.17, 15) is 9.59 Å².